The van der Waals surface area contributed by atoms with E-state index in [0.29, 0.717) is 5.92 Å². The van der Waals surface area contributed by atoms with Gasteiger partial charge in [0.2, 0.25) is 0 Å². The summed E-state index contributed by atoms with van der Waals surface area (Å²) in [5.41, 5.74) is 0. The second kappa shape index (κ2) is 6.48. The molecule has 1 saturated carbocycles. The van der Waals surface area contributed by atoms with Crippen LogP contribution in [0.3, 0.4) is 0 Å². The Labute approximate surface area is 95.5 Å². The third-order valence-electron chi connectivity index (χ3n) is 2.87. The molecule has 0 spiro atoms. The van der Waals surface area contributed by atoms with Gasteiger partial charge in [-0.3, -0.25) is 0 Å². The quantitative estimate of drug-likeness (QED) is 0.571. The van der Waals surface area contributed by atoms with Crippen LogP contribution in [0, 0.1) is 5.92 Å². The standard InChI is InChI=1S/C11H19NO4/c1-3-15-11(14)16-10(13)9(12-2)7-8-5-4-6-8/h8-9,12H,3-7H2,1-2H3/t9-/m1/s1. The van der Waals surface area contributed by atoms with E-state index in [1.54, 1.807) is 14.0 Å². The van der Waals surface area contributed by atoms with E-state index in [-0.39, 0.29) is 6.61 Å². The highest BCUT2D eigenvalue weighted by atomic mass is 16.7. The highest BCUT2D eigenvalue weighted by molar-refractivity contribution is 5.85. The molecule has 0 heterocycles. The summed E-state index contributed by atoms with van der Waals surface area (Å²) < 4.78 is 9.09. The fourth-order valence-electron chi connectivity index (χ4n) is 1.69. The zero-order chi connectivity index (χ0) is 12.0. The Morgan fingerprint density at radius 2 is 2.12 bits per heavy atom. The first-order chi connectivity index (χ1) is 7.67. The van der Waals surface area contributed by atoms with Crippen molar-refractivity contribution < 1.29 is 19.1 Å². The Balaban J connectivity index is 2.32. The molecule has 0 aliphatic heterocycles. The number of hydrogen-bond donors (Lipinski definition) is 1. The van der Waals surface area contributed by atoms with Crippen LogP contribution in [0.25, 0.3) is 0 Å². The Kier molecular flexibility index (Phi) is 5.25. The van der Waals surface area contributed by atoms with Crippen LogP contribution in [-0.2, 0) is 14.3 Å². The molecule has 92 valence electrons. The Morgan fingerprint density at radius 3 is 2.56 bits per heavy atom. The van der Waals surface area contributed by atoms with Gasteiger partial charge >= 0.3 is 12.1 Å². The molecular formula is C11H19NO4. The van der Waals surface area contributed by atoms with E-state index in [1.165, 1.54) is 6.42 Å². The number of carbonyl (C=O) groups excluding carboxylic acids is 2. The summed E-state index contributed by atoms with van der Waals surface area (Å²) >= 11 is 0. The van der Waals surface area contributed by atoms with E-state index >= 15 is 0 Å². The van der Waals surface area contributed by atoms with Gasteiger partial charge in [0.05, 0.1) is 6.61 Å². The summed E-state index contributed by atoms with van der Waals surface area (Å²) in [5.74, 6) is 0.0278. The fraction of sp³-hybridized carbons (Fsp3) is 0.818. The summed E-state index contributed by atoms with van der Waals surface area (Å²) in [7, 11) is 1.69. The minimum absolute atomic E-state index is 0.207. The monoisotopic (exact) mass is 229 g/mol. The smallest absolute Gasteiger partial charge is 0.434 e. The number of likely N-dealkylation sites (N-methyl/N-ethyl adjacent to an activating group) is 1. The van der Waals surface area contributed by atoms with E-state index in [4.69, 9.17) is 0 Å². The number of ether oxygens (including phenoxy) is 2. The normalized spacial score (nSPS) is 17.4. The molecule has 0 amide bonds. The van der Waals surface area contributed by atoms with Crippen LogP contribution < -0.4 is 5.32 Å². The van der Waals surface area contributed by atoms with Crippen LogP contribution >= 0.6 is 0 Å². The number of hydrogen-bond acceptors (Lipinski definition) is 5. The lowest BCUT2D eigenvalue weighted by Gasteiger charge is -2.28. The fourth-order valence-corrected chi connectivity index (χ4v) is 1.69. The van der Waals surface area contributed by atoms with Crippen molar-refractivity contribution in [3.63, 3.8) is 0 Å². The number of esters is 1. The Hall–Kier alpha value is -1.10. The maximum Gasteiger partial charge on any atom is 0.516 e. The third-order valence-corrected chi connectivity index (χ3v) is 2.87. The van der Waals surface area contributed by atoms with Crippen LogP contribution in [0.15, 0.2) is 0 Å². The Morgan fingerprint density at radius 1 is 1.44 bits per heavy atom. The van der Waals surface area contributed by atoms with Gasteiger partial charge in [0.25, 0.3) is 0 Å². The zero-order valence-corrected chi connectivity index (χ0v) is 9.82. The minimum atomic E-state index is -0.915. The number of nitrogens with one attached hydrogen (secondary N) is 1. The number of carbonyl (C=O) groups is 2. The molecule has 0 bridgehead atoms. The van der Waals surface area contributed by atoms with Crippen molar-refractivity contribution in [2.75, 3.05) is 13.7 Å². The van der Waals surface area contributed by atoms with Crippen molar-refractivity contribution >= 4 is 12.1 Å². The van der Waals surface area contributed by atoms with Gasteiger partial charge in [-0.25, -0.2) is 9.59 Å². The van der Waals surface area contributed by atoms with E-state index in [1.807, 2.05) is 0 Å². The summed E-state index contributed by atoms with van der Waals surface area (Å²) in [6, 6.07) is -0.408. The largest absolute Gasteiger partial charge is 0.516 e. The van der Waals surface area contributed by atoms with Crippen molar-refractivity contribution in [2.45, 2.75) is 38.6 Å². The van der Waals surface area contributed by atoms with Gasteiger partial charge in [-0.1, -0.05) is 19.3 Å². The van der Waals surface area contributed by atoms with Gasteiger partial charge in [0.1, 0.15) is 6.04 Å². The third kappa shape index (κ3) is 3.81. The van der Waals surface area contributed by atoms with Crippen molar-refractivity contribution in [1.82, 2.24) is 5.32 Å². The van der Waals surface area contributed by atoms with Gasteiger partial charge in [-0.05, 0) is 26.3 Å². The molecule has 0 saturated heterocycles. The second-order valence-electron chi connectivity index (χ2n) is 3.98. The predicted octanol–water partition coefficient (Wildman–Crippen LogP) is 1.46. The van der Waals surface area contributed by atoms with Crippen LogP contribution in [0.2, 0.25) is 0 Å². The first-order valence-corrected chi connectivity index (χ1v) is 5.73. The van der Waals surface area contributed by atoms with Crippen LogP contribution in [0.5, 0.6) is 0 Å². The van der Waals surface area contributed by atoms with Crippen molar-refractivity contribution in [1.29, 1.82) is 0 Å². The first kappa shape index (κ1) is 13.0. The molecule has 1 atom stereocenters. The summed E-state index contributed by atoms with van der Waals surface area (Å²) in [6.07, 6.45) is 3.36. The summed E-state index contributed by atoms with van der Waals surface area (Å²) in [6.45, 7) is 1.87. The van der Waals surface area contributed by atoms with E-state index in [9.17, 15) is 9.59 Å². The van der Waals surface area contributed by atoms with E-state index < -0.39 is 18.2 Å². The lowest BCUT2D eigenvalue weighted by molar-refractivity contribution is -0.142. The summed E-state index contributed by atoms with van der Waals surface area (Å²) in [4.78, 5) is 22.5. The van der Waals surface area contributed by atoms with E-state index in [2.05, 4.69) is 14.8 Å². The zero-order valence-electron chi connectivity index (χ0n) is 9.82. The predicted molar refractivity (Wildman–Crippen MR) is 57.9 cm³/mol. The molecule has 0 aromatic rings. The first-order valence-electron chi connectivity index (χ1n) is 5.73. The molecular weight excluding hydrogens is 210 g/mol. The molecule has 1 fully saturated rings. The molecule has 5 heteroatoms. The van der Waals surface area contributed by atoms with Gasteiger partial charge in [-0.2, -0.15) is 0 Å². The SMILES string of the molecule is CCOC(=O)OC(=O)[C@@H](CC1CCC1)NC. The molecule has 1 aliphatic rings. The molecule has 0 radical (unpaired) electrons. The van der Waals surface area contributed by atoms with Gasteiger partial charge in [0, 0.05) is 0 Å². The maximum atomic E-state index is 11.5. The van der Waals surface area contributed by atoms with Gasteiger partial charge in [-0.15, -0.1) is 0 Å². The van der Waals surface area contributed by atoms with Crippen molar-refractivity contribution in [2.24, 2.45) is 5.92 Å². The lowest BCUT2D eigenvalue weighted by Crippen LogP contribution is -2.39. The van der Waals surface area contributed by atoms with Crippen molar-refractivity contribution in [3.05, 3.63) is 0 Å². The average molecular weight is 229 g/mol. The van der Waals surface area contributed by atoms with Gasteiger partial charge < -0.3 is 14.8 Å². The second-order valence-corrected chi connectivity index (χ2v) is 3.98. The number of rotatable bonds is 5. The van der Waals surface area contributed by atoms with Crippen LogP contribution in [0.1, 0.15) is 32.6 Å². The maximum absolute atomic E-state index is 11.5. The average Bonchev–Trinajstić information content (AvgIpc) is 2.16. The van der Waals surface area contributed by atoms with E-state index in [0.717, 1.165) is 19.3 Å². The molecule has 0 aromatic heterocycles. The highest BCUT2D eigenvalue weighted by Gasteiger charge is 2.28. The molecule has 0 aromatic carbocycles. The van der Waals surface area contributed by atoms with Gasteiger partial charge in [0.15, 0.2) is 0 Å². The minimum Gasteiger partial charge on any atom is -0.434 e. The highest BCUT2D eigenvalue weighted by Crippen LogP contribution is 2.30. The van der Waals surface area contributed by atoms with Crippen molar-refractivity contribution in [3.8, 4) is 0 Å². The molecule has 16 heavy (non-hydrogen) atoms. The molecule has 1 aliphatic carbocycles. The van der Waals surface area contributed by atoms with Crippen LogP contribution in [0.4, 0.5) is 4.79 Å². The Bertz CT molecular complexity index is 250. The van der Waals surface area contributed by atoms with Crippen LogP contribution in [-0.4, -0.2) is 31.8 Å². The lowest BCUT2D eigenvalue weighted by atomic mass is 9.81. The molecule has 0 unspecified atom stereocenters. The summed E-state index contributed by atoms with van der Waals surface area (Å²) in [5, 5.41) is 2.87. The topological polar surface area (TPSA) is 64.6 Å². The molecule has 1 rings (SSSR count). The molecule has 1 N–H and O–H groups in total. The molecule has 5 nitrogen and oxygen atoms in total.